The van der Waals surface area contributed by atoms with E-state index in [1.54, 1.807) is 6.92 Å². The van der Waals surface area contributed by atoms with Gasteiger partial charge in [-0.15, -0.1) is 0 Å². The third-order valence-corrected chi connectivity index (χ3v) is 6.91. The SMILES string of the molecule is CCc1ccc([C@H]2[C@@H](S(=O)(=O)CC)[C@@]2(CN)CO)cc1. The molecule has 1 aliphatic rings. The van der Waals surface area contributed by atoms with Crippen LogP contribution in [0.3, 0.4) is 0 Å². The van der Waals surface area contributed by atoms with Gasteiger partial charge in [0.1, 0.15) is 0 Å². The van der Waals surface area contributed by atoms with Gasteiger partial charge in [-0.2, -0.15) is 0 Å². The van der Waals surface area contributed by atoms with E-state index in [-0.39, 0.29) is 24.8 Å². The lowest BCUT2D eigenvalue weighted by Crippen LogP contribution is -2.28. The lowest BCUT2D eigenvalue weighted by atomic mass is 9.99. The Kier molecular flexibility index (Phi) is 4.23. The van der Waals surface area contributed by atoms with Crippen molar-refractivity contribution in [2.75, 3.05) is 18.9 Å². The van der Waals surface area contributed by atoms with Gasteiger partial charge in [-0.25, -0.2) is 8.42 Å². The van der Waals surface area contributed by atoms with E-state index < -0.39 is 20.5 Å². The molecule has 4 nitrogen and oxygen atoms in total. The number of aliphatic hydroxyl groups excluding tert-OH is 1. The van der Waals surface area contributed by atoms with Gasteiger partial charge in [0.25, 0.3) is 0 Å². The summed E-state index contributed by atoms with van der Waals surface area (Å²) < 4.78 is 24.5. The van der Waals surface area contributed by atoms with Crippen molar-refractivity contribution in [3.63, 3.8) is 0 Å². The summed E-state index contributed by atoms with van der Waals surface area (Å²) in [5.74, 6) is -0.100. The fourth-order valence-corrected chi connectivity index (χ4v) is 5.32. The third kappa shape index (κ3) is 2.28. The van der Waals surface area contributed by atoms with E-state index in [9.17, 15) is 13.5 Å². The van der Waals surface area contributed by atoms with E-state index in [1.165, 1.54) is 5.56 Å². The predicted molar refractivity (Wildman–Crippen MR) is 80.4 cm³/mol. The van der Waals surface area contributed by atoms with E-state index in [4.69, 9.17) is 5.73 Å². The molecule has 0 bridgehead atoms. The molecule has 2 rings (SSSR count). The molecule has 112 valence electrons. The lowest BCUT2D eigenvalue weighted by molar-refractivity contribution is 0.212. The monoisotopic (exact) mass is 297 g/mol. The highest BCUT2D eigenvalue weighted by molar-refractivity contribution is 7.92. The molecule has 5 heteroatoms. The van der Waals surface area contributed by atoms with Gasteiger partial charge in [0.05, 0.1) is 11.9 Å². The number of sulfone groups is 1. The molecule has 0 heterocycles. The number of nitrogens with two attached hydrogens (primary N) is 1. The standard InChI is InChI=1S/C15H23NO3S/c1-3-11-5-7-12(8-6-11)13-14(20(18,19)4-2)15(13,9-16)10-17/h5-8,13-14,17H,3-4,9-10,16H2,1-2H3/t13-,14+,15-/m0/s1. The summed E-state index contributed by atoms with van der Waals surface area (Å²) in [5.41, 5.74) is 7.25. The zero-order chi connectivity index (χ0) is 15.0. The van der Waals surface area contributed by atoms with Gasteiger partial charge in [0, 0.05) is 23.6 Å². The predicted octanol–water partition coefficient (Wildman–Crippen LogP) is 1.09. The maximum absolute atomic E-state index is 12.2. The first-order chi connectivity index (χ1) is 9.46. The van der Waals surface area contributed by atoms with E-state index in [1.807, 2.05) is 24.3 Å². The second kappa shape index (κ2) is 5.47. The van der Waals surface area contributed by atoms with Crippen molar-refractivity contribution in [1.82, 2.24) is 0 Å². The van der Waals surface area contributed by atoms with Crippen LogP contribution in [0.25, 0.3) is 0 Å². The topological polar surface area (TPSA) is 80.4 Å². The first-order valence-electron chi connectivity index (χ1n) is 7.08. The van der Waals surface area contributed by atoms with Crippen molar-refractivity contribution >= 4 is 9.84 Å². The van der Waals surface area contributed by atoms with Gasteiger partial charge in [-0.3, -0.25) is 0 Å². The normalized spacial score (nSPS) is 29.4. The van der Waals surface area contributed by atoms with Crippen molar-refractivity contribution in [2.45, 2.75) is 31.4 Å². The van der Waals surface area contributed by atoms with Gasteiger partial charge in [0.2, 0.25) is 0 Å². The van der Waals surface area contributed by atoms with Crippen LogP contribution < -0.4 is 5.73 Å². The minimum Gasteiger partial charge on any atom is -0.396 e. The molecule has 0 amide bonds. The summed E-state index contributed by atoms with van der Waals surface area (Å²) >= 11 is 0. The molecule has 0 unspecified atom stereocenters. The van der Waals surface area contributed by atoms with Crippen molar-refractivity contribution in [3.05, 3.63) is 35.4 Å². The van der Waals surface area contributed by atoms with Gasteiger partial charge in [-0.05, 0) is 17.5 Å². The Morgan fingerprint density at radius 3 is 2.25 bits per heavy atom. The average molecular weight is 297 g/mol. The van der Waals surface area contributed by atoms with E-state index in [0.29, 0.717) is 0 Å². The van der Waals surface area contributed by atoms with Crippen LogP contribution in [0.15, 0.2) is 24.3 Å². The molecule has 3 N–H and O–H groups in total. The van der Waals surface area contributed by atoms with Crippen LogP contribution in [0.2, 0.25) is 0 Å². The number of aliphatic hydroxyl groups is 1. The first kappa shape index (κ1) is 15.5. The molecule has 1 aromatic rings. The Morgan fingerprint density at radius 2 is 1.85 bits per heavy atom. The molecule has 0 saturated heterocycles. The van der Waals surface area contributed by atoms with Gasteiger partial charge < -0.3 is 10.8 Å². The molecule has 1 fully saturated rings. The summed E-state index contributed by atoms with van der Waals surface area (Å²) in [6, 6.07) is 7.97. The molecular weight excluding hydrogens is 274 g/mol. The van der Waals surface area contributed by atoms with Gasteiger partial charge >= 0.3 is 0 Å². The quantitative estimate of drug-likeness (QED) is 0.823. The highest BCUT2D eigenvalue weighted by atomic mass is 32.2. The average Bonchev–Trinajstić information content (AvgIpc) is 3.18. The van der Waals surface area contributed by atoms with Crippen molar-refractivity contribution < 1.29 is 13.5 Å². The molecule has 0 radical (unpaired) electrons. The fourth-order valence-electron chi connectivity index (χ4n) is 3.16. The number of rotatable bonds is 6. The summed E-state index contributed by atoms with van der Waals surface area (Å²) in [4.78, 5) is 0. The first-order valence-corrected chi connectivity index (χ1v) is 8.79. The number of hydrogen-bond acceptors (Lipinski definition) is 4. The van der Waals surface area contributed by atoms with E-state index in [2.05, 4.69) is 6.92 Å². The summed E-state index contributed by atoms with van der Waals surface area (Å²) in [6.07, 6.45) is 0.948. The molecule has 0 aliphatic heterocycles. The van der Waals surface area contributed by atoms with Crippen molar-refractivity contribution in [2.24, 2.45) is 11.1 Å². The molecule has 0 spiro atoms. The Balaban J connectivity index is 2.38. The largest absolute Gasteiger partial charge is 0.396 e. The second-order valence-electron chi connectivity index (χ2n) is 5.54. The smallest absolute Gasteiger partial charge is 0.154 e. The molecule has 1 saturated carbocycles. The summed E-state index contributed by atoms with van der Waals surface area (Å²) in [6.45, 7) is 3.72. The van der Waals surface area contributed by atoms with Crippen molar-refractivity contribution in [3.8, 4) is 0 Å². The van der Waals surface area contributed by atoms with Crippen LogP contribution in [-0.2, 0) is 16.3 Å². The Bertz CT molecular complexity index is 561. The third-order valence-electron chi connectivity index (χ3n) is 4.59. The molecule has 0 aromatic heterocycles. The van der Waals surface area contributed by atoms with Crippen LogP contribution in [0, 0.1) is 5.41 Å². The molecule has 3 atom stereocenters. The number of benzene rings is 1. The highest BCUT2D eigenvalue weighted by Crippen LogP contribution is 2.62. The fraction of sp³-hybridized carbons (Fsp3) is 0.600. The highest BCUT2D eigenvalue weighted by Gasteiger charge is 2.69. The number of aryl methyl sites for hydroxylation is 1. The molecular formula is C15H23NO3S. The lowest BCUT2D eigenvalue weighted by Gasteiger charge is -2.11. The van der Waals surface area contributed by atoms with Crippen LogP contribution in [0.1, 0.15) is 30.9 Å². The molecule has 1 aliphatic carbocycles. The van der Waals surface area contributed by atoms with Crippen LogP contribution in [0.5, 0.6) is 0 Å². The van der Waals surface area contributed by atoms with E-state index in [0.717, 1.165) is 12.0 Å². The Labute approximate surface area is 120 Å². The van der Waals surface area contributed by atoms with Crippen LogP contribution in [-0.4, -0.2) is 37.7 Å². The Morgan fingerprint density at radius 1 is 1.25 bits per heavy atom. The van der Waals surface area contributed by atoms with Gasteiger partial charge in [0.15, 0.2) is 9.84 Å². The zero-order valence-electron chi connectivity index (χ0n) is 12.0. The van der Waals surface area contributed by atoms with Crippen LogP contribution in [0.4, 0.5) is 0 Å². The Hall–Kier alpha value is -0.910. The maximum Gasteiger partial charge on any atom is 0.154 e. The van der Waals surface area contributed by atoms with Gasteiger partial charge in [-0.1, -0.05) is 38.1 Å². The minimum absolute atomic E-state index is 0.0863. The number of hydrogen-bond donors (Lipinski definition) is 2. The van der Waals surface area contributed by atoms with Crippen LogP contribution >= 0.6 is 0 Å². The maximum atomic E-state index is 12.2. The minimum atomic E-state index is -3.21. The summed E-state index contributed by atoms with van der Waals surface area (Å²) in [7, 11) is -3.21. The zero-order valence-corrected chi connectivity index (χ0v) is 12.9. The second-order valence-corrected chi connectivity index (χ2v) is 7.95. The van der Waals surface area contributed by atoms with Crippen molar-refractivity contribution in [1.29, 1.82) is 0 Å². The molecule has 20 heavy (non-hydrogen) atoms. The van der Waals surface area contributed by atoms with E-state index >= 15 is 0 Å². The molecule has 1 aromatic carbocycles. The summed E-state index contributed by atoms with van der Waals surface area (Å²) in [5, 5.41) is 9.12.